The summed E-state index contributed by atoms with van der Waals surface area (Å²) in [5, 5.41) is 0. The molecule has 1 saturated heterocycles. The van der Waals surface area contributed by atoms with Crippen molar-refractivity contribution >= 4 is 5.97 Å². The molecule has 1 atom stereocenters. The number of piperidine rings is 1. The van der Waals surface area contributed by atoms with Gasteiger partial charge in [0.2, 0.25) is 0 Å². The lowest BCUT2D eigenvalue weighted by atomic mass is 9.99. The lowest BCUT2D eigenvalue weighted by molar-refractivity contribution is -0.137. The maximum atomic E-state index is 11.4. The molecule has 20 heavy (non-hydrogen) atoms. The molecule has 0 bridgehead atoms. The number of esters is 1. The van der Waals surface area contributed by atoms with Crippen LogP contribution >= 0.6 is 0 Å². The fraction of sp³-hybridized carbons (Fsp3) is 0.471. The van der Waals surface area contributed by atoms with Crippen molar-refractivity contribution in [3.05, 3.63) is 47.5 Å². The topological polar surface area (TPSA) is 29.5 Å². The molecular formula is C17H23NO2. The SMILES string of the molecule is CCOC(=O)C=C1CCN(C(C)c2ccccc2)CC1. The molecule has 0 spiro atoms. The minimum absolute atomic E-state index is 0.202. The number of nitrogens with zero attached hydrogens (tertiary/aromatic N) is 1. The Hall–Kier alpha value is -1.61. The summed E-state index contributed by atoms with van der Waals surface area (Å²) in [6.45, 7) is 6.53. The second-order valence-electron chi connectivity index (χ2n) is 5.18. The van der Waals surface area contributed by atoms with Gasteiger partial charge < -0.3 is 4.74 Å². The first-order valence-corrected chi connectivity index (χ1v) is 7.36. The number of hydrogen-bond donors (Lipinski definition) is 0. The van der Waals surface area contributed by atoms with E-state index in [1.165, 1.54) is 11.1 Å². The number of benzene rings is 1. The Labute approximate surface area is 121 Å². The van der Waals surface area contributed by atoms with Crippen molar-refractivity contribution in [2.45, 2.75) is 32.7 Å². The lowest BCUT2D eigenvalue weighted by Crippen LogP contribution is -2.33. The van der Waals surface area contributed by atoms with Crippen molar-refractivity contribution in [1.29, 1.82) is 0 Å². The second-order valence-corrected chi connectivity index (χ2v) is 5.18. The van der Waals surface area contributed by atoms with E-state index in [-0.39, 0.29) is 5.97 Å². The van der Waals surface area contributed by atoms with E-state index in [1.54, 1.807) is 6.08 Å². The fourth-order valence-corrected chi connectivity index (χ4v) is 2.64. The molecular weight excluding hydrogens is 250 g/mol. The highest BCUT2D eigenvalue weighted by molar-refractivity contribution is 5.82. The molecule has 1 aliphatic rings. The first-order chi connectivity index (χ1) is 9.70. The molecule has 1 heterocycles. The standard InChI is InChI=1S/C17H23NO2/c1-3-20-17(19)13-15-9-11-18(12-10-15)14(2)16-7-5-4-6-8-16/h4-8,13-14H,3,9-12H2,1-2H3. The zero-order valence-corrected chi connectivity index (χ0v) is 12.3. The number of carbonyl (C=O) groups is 1. The lowest BCUT2D eigenvalue weighted by Gasteiger charge is -2.33. The number of carbonyl (C=O) groups excluding carboxylic acids is 1. The predicted molar refractivity (Wildman–Crippen MR) is 80.4 cm³/mol. The van der Waals surface area contributed by atoms with Crippen LogP contribution in [-0.4, -0.2) is 30.6 Å². The maximum absolute atomic E-state index is 11.4. The molecule has 1 fully saturated rings. The van der Waals surface area contributed by atoms with Crippen molar-refractivity contribution in [3.63, 3.8) is 0 Å². The van der Waals surface area contributed by atoms with Gasteiger partial charge in [-0.05, 0) is 32.3 Å². The average molecular weight is 273 g/mol. The van der Waals surface area contributed by atoms with E-state index in [9.17, 15) is 4.79 Å². The van der Waals surface area contributed by atoms with Crippen molar-refractivity contribution in [1.82, 2.24) is 4.90 Å². The van der Waals surface area contributed by atoms with Gasteiger partial charge in [-0.1, -0.05) is 35.9 Å². The smallest absolute Gasteiger partial charge is 0.330 e. The Bertz CT molecular complexity index is 457. The Balaban J connectivity index is 1.90. The van der Waals surface area contributed by atoms with Gasteiger partial charge in [0.25, 0.3) is 0 Å². The highest BCUT2D eigenvalue weighted by Crippen LogP contribution is 2.25. The molecule has 1 aromatic carbocycles. The zero-order valence-electron chi connectivity index (χ0n) is 12.3. The van der Waals surface area contributed by atoms with Gasteiger partial charge in [0, 0.05) is 25.2 Å². The number of rotatable bonds is 4. The fourth-order valence-electron chi connectivity index (χ4n) is 2.64. The molecule has 0 aliphatic carbocycles. The summed E-state index contributed by atoms with van der Waals surface area (Å²) >= 11 is 0. The van der Waals surface area contributed by atoms with E-state index in [2.05, 4.69) is 36.1 Å². The van der Waals surface area contributed by atoms with Gasteiger partial charge in [0.1, 0.15) is 0 Å². The first-order valence-electron chi connectivity index (χ1n) is 7.36. The molecule has 1 aromatic rings. The van der Waals surface area contributed by atoms with Gasteiger partial charge in [-0.25, -0.2) is 4.79 Å². The van der Waals surface area contributed by atoms with Crippen LogP contribution in [0.1, 0.15) is 38.3 Å². The van der Waals surface area contributed by atoms with E-state index in [4.69, 9.17) is 4.74 Å². The largest absolute Gasteiger partial charge is 0.463 e. The Morgan fingerprint density at radius 3 is 2.55 bits per heavy atom. The summed E-state index contributed by atoms with van der Waals surface area (Å²) in [6.07, 6.45) is 3.58. The molecule has 1 unspecified atom stereocenters. The third-order valence-corrected chi connectivity index (χ3v) is 3.88. The highest BCUT2D eigenvalue weighted by atomic mass is 16.5. The van der Waals surface area contributed by atoms with Crippen LogP contribution in [0.25, 0.3) is 0 Å². The molecule has 0 radical (unpaired) electrons. The van der Waals surface area contributed by atoms with Crippen LogP contribution in [0.2, 0.25) is 0 Å². The Morgan fingerprint density at radius 2 is 1.95 bits per heavy atom. The predicted octanol–water partition coefficient (Wildman–Crippen LogP) is 3.33. The van der Waals surface area contributed by atoms with Crippen LogP contribution < -0.4 is 0 Å². The maximum Gasteiger partial charge on any atom is 0.330 e. The van der Waals surface area contributed by atoms with Crippen molar-refractivity contribution in [2.75, 3.05) is 19.7 Å². The molecule has 0 N–H and O–H groups in total. The van der Waals surface area contributed by atoms with Crippen molar-refractivity contribution in [3.8, 4) is 0 Å². The minimum atomic E-state index is -0.202. The van der Waals surface area contributed by atoms with Crippen LogP contribution in [0.15, 0.2) is 42.0 Å². The Morgan fingerprint density at radius 1 is 1.30 bits per heavy atom. The van der Waals surface area contributed by atoms with Crippen molar-refractivity contribution < 1.29 is 9.53 Å². The first kappa shape index (κ1) is 14.8. The zero-order chi connectivity index (χ0) is 14.4. The number of ether oxygens (including phenoxy) is 1. The summed E-state index contributed by atoms with van der Waals surface area (Å²) in [6, 6.07) is 11.0. The van der Waals surface area contributed by atoms with Gasteiger partial charge in [-0.3, -0.25) is 4.90 Å². The summed E-state index contributed by atoms with van der Waals surface area (Å²) in [5.41, 5.74) is 2.56. The van der Waals surface area contributed by atoms with E-state index < -0.39 is 0 Å². The third kappa shape index (κ3) is 3.94. The van der Waals surface area contributed by atoms with Gasteiger partial charge in [0.05, 0.1) is 6.61 Å². The molecule has 3 heteroatoms. The van der Waals surface area contributed by atoms with Crippen LogP contribution in [0.3, 0.4) is 0 Å². The molecule has 1 aliphatic heterocycles. The van der Waals surface area contributed by atoms with Crippen LogP contribution in [0.5, 0.6) is 0 Å². The van der Waals surface area contributed by atoms with E-state index in [1.807, 2.05) is 13.0 Å². The highest BCUT2D eigenvalue weighted by Gasteiger charge is 2.20. The third-order valence-electron chi connectivity index (χ3n) is 3.88. The summed E-state index contributed by atoms with van der Waals surface area (Å²) in [7, 11) is 0. The van der Waals surface area contributed by atoms with Crippen LogP contribution in [0.4, 0.5) is 0 Å². The monoisotopic (exact) mass is 273 g/mol. The molecule has 108 valence electrons. The normalized spacial score (nSPS) is 17.6. The molecule has 0 amide bonds. The van der Waals surface area contributed by atoms with E-state index in [0.29, 0.717) is 12.6 Å². The summed E-state index contributed by atoms with van der Waals surface area (Å²) in [5.74, 6) is -0.202. The van der Waals surface area contributed by atoms with Gasteiger partial charge >= 0.3 is 5.97 Å². The average Bonchev–Trinajstić information content (AvgIpc) is 2.48. The van der Waals surface area contributed by atoms with Gasteiger partial charge in [-0.15, -0.1) is 0 Å². The quantitative estimate of drug-likeness (QED) is 0.622. The van der Waals surface area contributed by atoms with Crippen LogP contribution in [0, 0.1) is 0 Å². The molecule has 0 aromatic heterocycles. The van der Waals surface area contributed by atoms with Gasteiger partial charge in [-0.2, -0.15) is 0 Å². The van der Waals surface area contributed by atoms with Crippen LogP contribution in [-0.2, 0) is 9.53 Å². The van der Waals surface area contributed by atoms with Crippen molar-refractivity contribution in [2.24, 2.45) is 0 Å². The second kappa shape index (κ2) is 7.25. The summed E-state index contributed by atoms with van der Waals surface area (Å²) in [4.78, 5) is 13.9. The van der Waals surface area contributed by atoms with E-state index >= 15 is 0 Å². The van der Waals surface area contributed by atoms with E-state index in [0.717, 1.165) is 25.9 Å². The minimum Gasteiger partial charge on any atom is -0.463 e. The number of likely N-dealkylation sites (tertiary alicyclic amines) is 1. The molecule has 0 saturated carbocycles. The molecule has 2 rings (SSSR count). The Kier molecular flexibility index (Phi) is 5.36. The number of hydrogen-bond acceptors (Lipinski definition) is 3. The van der Waals surface area contributed by atoms with Gasteiger partial charge in [0.15, 0.2) is 0 Å². The summed E-state index contributed by atoms with van der Waals surface area (Å²) < 4.78 is 4.96. The molecule has 3 nitrogen and oxygen atoms in total.